The molecule has 0 saturated heterocycles. The van der Waals surface area contributed by atoms with Crippen molar-refractivity contribution in [3.63, 3.8) is 0 Å². The van der Waals surface area contributed by atoms with Gasteiger partial charge < -0.3 is 20.9 Å². The van der Waals surface area contributed by atoms with E-state index in [1.54, 1.807) is 19.2 Å². The second kappa shape index (κ2) is 8.16. The van der Waals surface area contributed by atoms with Crippen LogP contribution in [0.25, 0.3) is 0 Å². The van der Waals surface area contributed by atoms with Crippen LogP contribution in [0.5, 0.6) is 11.5 Å². The zero-order valence-electron chi connectivity index (χ0n) is 12.9. The van der Waals surface area contributed by atoms with Crippen LogP contribution in [0.4, 0.5) is 4.39 Å². The molecule has 0 aliphatic carbocycles. The van der Waals surface area contributed by atoms with Gasteiger partial charge in [-0.15, -0.1) is 5.10 Å². The first-order valence-corrected chi connectivity index (χ1v) is 7.24. The molecule has 0 heterocycles. The lowest BCUT2D eigenvalue weighted by molar-refractivity contribution is 0.296. The number of benzene rings is 2. The first-order valence-electron chi connectivity index (χ1n) is 6.86. The SMILES string of the molecule is COc1ccc(C=NN=C(N)N)cc1COc1ccc(F)cc1Cl. The van der Waals surface area contributed by atoms with Crippen molar-refractivity contribution in [1.29, 1.82) is 0 Å². The molecule has 2 aromatic carbocycles. The van der Waals surface area contributed by atoms with E-state index in [1.807, 2.05) is 6.07 Å². The summed E-state index contributed by atoms with van der Waals surface area (Å²) in [5.41, 5.74) is 11.9. The molecule has 0 aliphatic rings. The lowest BCUT2D eigenvalue weighted by Gasteiger charge is -2.12. The zero-order chi connectivity index (χ0) is 17.5. The number of ether oxygens (including phenoxy) is 2. The normalized spacial score (nSPS) is 10.6. The van der Waals surface area contributed by atoms with Crippen molar-refractivity contribution >= 4 is 23.8 Å². The van der Waals surface area contributed by atoms with E-state index in [4.69, 9.17) is 32.5 Å². The Hall–Kier alpha value is -2.80. The molecule has 4 N–H and O–H groups in total. The Bertz CT molecular complexity index is 777. The molecule has 0 amide bonds. The molecule has 0 atom stereocenters. The van der Waals surface area contributed by atoms with Crippen molar-refractivity contribution in [3.05, 3.63) is 58.4 Å². The van der Waals surface area contributed by atoms with E-state index in [9.17, 15) is 4.39 Å². The highest BCUT2D eigenvalue weighted by atomic mass is 35.5. The number of methoxy groups -OCH3 is 1. The molecule has 0 radical (unpaired) electrons. The fourth-order valence-electron chi connectivity index (χ4n) is 1.90. The molecule has 0 aliphatic heterocycles. The highest BCUT2D eigenvalue weighted by Crippen LogP contribution is 2.27. The number of rotatable bonds is 6. The van der Waals surface area contributed by atoms with Crippen LogP contribution in [0.2, 0.25) is 5.02 Å². The standard InChI is InChI=1S/C16H16ClFN4O2/c1-23-14-4-2-10(8-21-22-16(19)20)6-11(14)9-24-15-5-3-12(18)7-13(15)17/h2-8H,9H2,1H3,(H4,19,20,22). The molecule has 6 nitrogen and oxygen atoms in total. The van der Waals surface area contributed by atoms with E-state index in [0.29, 0.717) is 11.5 Å². The summed E-state index contributed by atoms with van der Waals surface area (Å²) in [7, 11) is 1.55. The van der Waals surface area contributed by atoms with Crippen molar-refractivity contribution in [2.45, 2.75) is 6.61 Å². The van der Waals surface area contributed by atoms with E-state index in [2.05, 4.69) is 10.2 Å². The van der Waals surface area contributed by atoms with Gasteiger partial charge in [-0.2, -0.15) is 5.10 Å². The van der Waals surface area contributed by atoms with E-state index in [1.165, 1.54) is 24.4 Å². The Morgan fingerprint density at radius 3 is 2.62 bits per heavy atom. The predicted octanol–water partition coefficient (Wildman–Crippen LogP) is 2.67. The van der Waals surface area contributed by atoms with Gasteiger partial charge in [-0.3, -0.25) is 0 Å². The molecule has 0 bridgehead atoms. The van der Waals surface area contributed by atoms with Gasteiger partial charge in [0.05, 0.1) is 18.3 Å². The van der Waals surface area contributed by atoms with Crippen LogP contribution >= 0.6 is 11.6 Å². The highest BCUT2D eigenvalue weighted by molar-refractivity contribution is 6.32. The van der Waals surface area contributed by atoms with Crippen LogP contribution in [0, 0.1) is 5.82 Å². The van der Waals surface area contributed by atoms with E-state index in [-0.39, 0.29) is 17.6 Å². The van der Waals surface area contributed by atoms with Crippen LogP contribution in [0.3, 0.4) is 0 Å². The molecule has 8 heteroatoms. The number of guanidine groups is 1. The van der Waals surface area contributed by atoms with Gasteiger partial charge in [0.25, 0.3) is 0 Å². The van der Waals surface area contributed by atoms with Crippen LogP contribution in [0.1, 0.15) is 11.1 Å². The Kier molecular flexibility index (Phi) is 5.97. The Morgan fingerprint density at radius 1 is 1.21 bits per heavy atom. The Morgan fingerprint density at radius 2 is 1.96 bits per heavy atom. The van der Waals surface area contributed by atoms with Gasteiger partial charge in [-0.25, -0.2) is 4.39 Å². The largest absolute Gasteiger partial charge is 0.496 e. The van der Waals surface area contributed by atoms with Gasteiger partial charge in [0.1, 0.15) is 23.9 Å². The minimum atomic E-state index is -0.428. The van der Waals surface area contributed by atoms with Crippen molar-refractivity contribution in [1.82, 2.24) is 0 Å². The number of nitrogens with zero attached hydrogens (tertiary/aromatic N) is 2. The molecule has 0 fully saturated rings. The number of hydrogen-bond donors (Lipinski definition) is 2. The third-order valence-electron chi connectivity index (χ3n) is 2.96. The monoisotopic (exact) mass is 350 g/mol. The maximum absolute atomic E-state index is 13.1. The maximum atomic E-state index is 13.1. The summed E-state index contributed by atoms with van der Waals surface area (Å²) in [5.74, 6) is 0.448. The number of nitrogens with two attached hydrogens (primary N) is 2. The lowest BCUT2D eigenvalue weighted by Crippen LogP contribution is -2.21. The van der Waals surface area contributed by atoms with Gasteiger partial charge in [0.2, 0.25) is 5.96 Å². The predicted molar refractivity (Wildman–Crippen MR) is 92.1 cm³/mol. The van der Waals surface area contributed by atoms with Gasteiger partial charge in [-0.05, 0) is 42.0 Å². The topological polar surface area (TPSA) is 95.2 Å². The van der Waals surface area contributed by atoms with Crippen LogP contribution in [0.15, 0.2) is 46.6 Å². The smallest absolute Gasteiger partial charge is 0.211 e. The summed E-state index contributed by atoms with van der Waals surface area (Å²) in [6.07, 6.45) is 1.49. The molecular formula is C16H16ClFN4O2. The van der Waals surface area contributed by atoms with Crippen LogP contribution < -0.4 is 20.9 Å². The quantitative estimate of drug-likeness (QED) is 0.475. The van der Waals surface area contributed by atoms with E-state index < -0.39 is 5.82 Å². The molecule has 2 rings (SSSR count). The fraction of sp³-hybridized carbons (Fsp3) is 0.125. The molecule has 0 unspecified atom stereocenters. The summed E-state index contributed by atoms with van der Waals surface area (Å²) in [5, 5.41) is 7.47. The minimum absolute atomic E-state index is 0.130. The van der Waals surface area contributed by atoms with Crippen molar-refractivity contribution in [2.75, 3.05) is 7.11 Å². The summed E-state index contributed by atoms with van der Waals surface area (Å²) in [6.45, 7) is 0.179. The van der Waals surface area contributed by atoms with Crippen molar-refractivity contribution in [2.24, 2.45) is 21.7 Å². The summed E-state index contributed by atoms with van der Waals surface area (Å²) < 4.78 is 24.0. The van der Waals surface area contributed by atoms with Crippen molar-refractivity contribution in [3.8, 4) is 11.5 Å². The number of halogens is 2. The first kappa shape index (κ1) is 17.6. The molecule has 0 spiro atoms. The zero-order valence-corrected chi connectivity index (χ0v) is 13.6. The molecule has 2 aromatic rings. The van der Waals surface area contributed by atoms with Gasteiger partial charge in [0, 0.05) is 5.56 Å². The Balaban J connectivity index is 2.18. The first-order chi connectivity index (χ1) is 11.5. The second-order valence-electron chi connectivity index (χ2n) is 4.70. The van der Waals surface area contributed by atoms with Crippen LogP contribution in [-0.2, 0) is 6.61 Å². The second-order valence-corrected chi connectivity index (χ2v) is 5.11. The van der Waals surface area contributed by atoms with Crippen molar-refractivity contribution < 1.29 is 13.9 Å². The third-order valence-corrected chi connectivity index (χ3v) is 3.26. The third kappa shape index (κ3) is 4.85. The summed E-state index contributed by atoms with van der Waals surface area (Å²) >= 11 is 5.94. The van der Waals surface area contributed by atoms with E-state index >= 15 is 0 Å². The highest BCUT2D eigenvalue weighted by Gasteiger charge is 2.08. The molecule has 24 heavy (non-hydrogen) atoms. The average molecular weight is 351 g/mol. The lowest BCUT2D eigenvalue weighted by atomic mass is 10.1. The van der Waals surface area contributed by atoms with E-state index in [0.717, 1.165) is 11.1 Å². The van der Waals surface area contributed by atoms with Gasteiger partial charge >= 0.3 is 0 Å². The van der Waals surface area contributed by atoms with Gasteiger partial charge in [0.15, 0.2) is 0 Å². The molecule has 0 saturated carbocycles. The van der Waals surface area contributed by atoms with Crippen LogP contribution in [-0.4, -0.2) is 19.3 Å². The molecule has 0 aromatic heterocycles. The Labute approximate surface area is 143 Å². The average Bonchev–Trinajstić information content (AvgIpc) is 2.54. The molecular weight excluding hydrogens is 335 g/mol. The minimum Gasteiger partial charge on any atom is -0.496 e. The molecule has 126 valence electrons. The fourth-order valence-corrected chi connectivity index (χ4v) is 2.12. The summed E-state index contributed by atoms with van der Waals surface area (Å²) in [6, 6.07) is 9.29. The maximum Gasteiger partial charge on any atom is 0.211 e. The van der Waals surface area contributed by atoms with Gasteiger partial charge in [-0.1, -0.05) is 11.6 Å². The summed E-state index contributed by atoms with van der Waals surface area (Å²) in [4.78, 5) is 0. The number of hydrogen-bond acceptors (Lipinski definition) is 4.